The first kappa shape index (κ1) is 22.7. The Labute approximate surface area is 199 Å². The predicted molar refractivity (Wildman–Crippen MR) is 132 cm³/mol. The molecule has 2 aliphatic heterocycles. The van der Waals surface area contributed by atoms with Gasteiger partial charge in [0, 0.05) is 43.0 Å². The van der Waals surface area contributed by atoms with Crippen LogP contribution in [0.2, 0.25) is 0 Å². The van der Waals surface area contributed by atoms with E-state index in [1.807, 2.05) is 36.5 Å². The fourth-order valence-electron chi connectivity index (χ4n) is 5.08. The minimum atomic E-state index is -0.567. The maximum atomic E-state index is 14.2. The summed E-state index contributed by atoms with van der Waals surface area (Å²) in [6.45, 7) is 4.26. The summed E-state index contributed by atoms with van der Waals surface area (Å²) in [5.41, 5.74) is 1.77. The smallest absolute Gasteiger partial charge is 0.227 e. The number of halogens is 2. The quantitative estimate of drug-likeness (QED) is 0.524. The summed E-state index contributed by atoms with van der Waals surface area (Å²) in [4.78, 5) is 14.4. The van der Waals surface area contributed by atoms with Crippen molar-refractivity contribution in [2.24, 2.45) is 0 Å². The van der Waals surface area contributed by atoms with Gasteiger partial charge < -0.3 is 15.1 Å². The Hall–Kier alpha value is -3.06. The molecule has 0 aliphatic carbocycles. The van der Waals surface area contributed by atoms with Crippen LogP contribution < -0.4 is 10.2 Å². The summed E-state index contributed by atoms with van der Waals surface area (Å²) in [7, 11) is 0. The monoisotopic (exact) mass is 463 g/mol. The van der Waals surface area contributed by atoms with Gasteiger partial charge in [-0.1, -0.05) is 42.8 Å². The third kappa shape index (κ3) is 5.04. The minimum Gasteiger partial charge on any atom is -0.365 e. The molecule has 0 amide bonds. The molecule has 0 bridgehead atoms. The predicted octanol–water partition coefficient (Wildman–Crippen LogP) is 5.49. The molecular weight excluding hydrogens is 432 g/mol. The topological polar surface area (TPSA) is 44.3 Å². The zero-order valence-electron chi connectivity index (χ0n) is 19.4. The molecule has 0 unspecified atom stereocenters. The Morgan fingerprint density at radius 1 is 0.853 bits per heavy atom. The molecule has 2 aromatic carbocycles. The first-order valence-electron chi connectivity index (χ1n) is 12.3. The van der Waals surface area contributed by atoms with Crippen molar-refractivity contribution in [1.82, 2.24) is 14.9 Å². The number of nitrogens with one attached hydrogen (secondary N) is 1. The van der Waals surface area contributed by atoms with Crippen LogP contribution in [0.1, 0.15) is 37.7 Å². The molecule has 2 aliphatic rings. The van der Waals surface area contributed by atoms with Gasteiger partial charge in [-0.25, -0.2) is 13.8 Å². The molecule has 34 heavy (non-hydrogen) atoms. The number of rotatable bonds is 6. The lowest BCUT2D eigenvalue weighted by Crippen LogP contribution is -2.47. The van der Waals surface area contributed by atoms with E-state index in [0.29, 0.717) is 17.8 Å². The lowest BCUT2D eigenvalue weighted by Gasteiger charge is -2.40. The number of piperidine rings is 2. The Bertz CT molecular complexity index is 1070. The first-order valence-corrected chi connectivity index (χ1v) is 12.3. The van der Waals surface area contributed by atoms with E-state index in [0.717, 1.165) is 37.1 Å². The van der Waals surface area contributed by atoms with Gasteiger partial charge in [-0.2, -0.15) is 4.98 Å². The molecule has 0 saturated carbocycles. The average Bonchev–Trinajstić information content (AvgIpc) is 2.89. The lowest BCUT2D eigenvalue weighted by molar-refractivity contribution is 0.141. The van der Waals surface area contributed by atoms with Crippen LogP contribution in [0.5, 0.6) is 0 Å². The molecule has 5 rings (SSSR count). The number of benzene rings is 2. The molecule has 3 heterocycles. The zero-order chi connectivity index (χ0) is 23.3. The van der Waals surface area contributed by atoms with Crippen molar-refractivity contribution in [2.75, 3.05) is 36.4 Å². The molecule has 178 valence electrons. The molecule has 3 aromatic rings. The Morgan fingerprint density at radius 2 is 1.56 bits per heavy atom. The van der Waals surface area contributed by atoms with E-state index >= 15 is 0 Å². The molecular formula is C27H31F2N5. The first-order chi connectivity index (χ1) is 16.7. The highest BCUT2D eigenvalue weighted by molar-refractivity contribution is 5.75. The summed E-state index contributed by atoms with van der Waals surface area (Å²) in [6.07, 6.45) is 7.99. The molecule has 0 radical (unpaired) electrons. The fraction of sp³-hybridized carbons (Fsp3) is 0.407. The van der Waals surface area contributed by atoms with Gasteiger partial charge in [0.1, 0.15) is 17.5 Å². The van der Waals surface area contributed by atoms with Gasteiger partial charge in [0.15, 0.2) is 0 Å². The number of aromatic nitrogens is 2. The second-order valence-corrected chi connectivity index (χ2v) is 9.17. The van der Waals surface area contributed by atoms with Crippen LogP contribution in [0.15, 0.2) is 54.7 Å². The van der Waals surface area contributed by atoms with Gasteiger partial charge in [-0.3, -0.25) is 0 Å². The highest BCUT2D eigenvalue weighted by Gasteiger charge is 2.27. The second-order valence-electron chi connectivity index (χ2n) is 9.17. The van der Waals surface area contributed by atoms with Crippen molar-refractivity contribution < 1.29 is 8.78 Å². The Balaban J connectivity index is 1.36. The summed E-state index contributed by atoms with van der Waals surface area (Å²) in [6, 6.07) is 14.4. The molecule has 1 aromatic heterocycles. The van der Waals surface area contributed by atoms with Crippen molar-refractivity contribution in [1.29, 1.82) is 0 Å². The van der Waals surface area contributed by atoms with Crippen LogP contribution in [-0.4, -0.2) is 47.1 Å². The fourth-order valence-corrected chi connectivity index (χ4v) is 5.08. The average molecular weight is 464 g/mol. The van der Waals surface area contributed by atoms with Crippen molar-refractivity contribution in [2.45, 2.75) is 44.7 Å². The zero-order valence-corrected chi connectivity index (χ0v) is 19.4. The number of hydrogen-bond donors (Lipinski definition) is 1. The van der Waals surface area contributed by atoms with Crippen LogP contribution in [0.3, 0.4) is 0 Å². The van der Waals surface area contributed by atoms with Gasteiger partial charge in [0.05, 0.1) is 0 Å². The SMILES string of the molecule is Fc1cccc(F)c1CNc1nc(N2CCC(N3CCCCC3)CC2)ncc1-c1ccccc1. The van der Waals surface area contributed by atoms with Crippen LogP contribution >= 0.6 is 0 Å². The van der Waals surface area contributed by atoms with Crippen LogP contribution in [0.25, 0.3) is 11.1 Å². The summed E-state index contributed by atoms with van der Waals surface area (Å²) < 4.78 is 28.4. The van der Waals surface area contributed by atoms with Gasteiger partial charge in [-0.15, -0.1) is 0 Å². The summed E-state index contributed by atoms with van der Waals surface area (Å²) in [5.74, 6) is 0.107. The highest BCUT2D eigenvalue weighted by atomic mass is 19.1. The Morgan fingerprint density at radius 3 is 2.26 bits per heavy atom. The molecule has 2 saturated heterocycles. The maximum absolute atomic E-state index is 14.2. The lowest BCUT2D eigenvalue weighted by atomic mass is 10.00. The van der Waals surface area contributed by atoms with Crippen LogP contribution in [0, 0.1) is 11.6 Å². The summed E-state index contributed by atoms with van der Waals surface area (Å²) in [5, 5.41) is 3.18. The molecule has 5 nitrogen and oxygen atoms in total. The third-order valence-electron chi connectivity index (χ3n) is 7.01. The van der Waals surface area contributed by atoms with E-state index in [9.17, 15) is 8.78 Å². The van der Waals surface area contributed by atoms with Crippen LogP contribution in [0.4, 0.5) is 20.5 Å². The van der Waals surface area contributed by atoms with E-state index < -0.39 is 11.6 Å². The van der Waals surface area contributed by atoms with E-state index in [4.69, 9.17) is 4.98 Å². The van der Waals surface area contributed by atoms with Gasteiger partial charge in [-0.05, 0) is 56.5 Å². The standard InChI is InChI=1S/C27H31F2N5/c28-24-10-7-11-25(29)23(24)19-30-26-22(20-8-3-1-4-9-20)18-31-27(32-26)34-16-12-21(13-17-34)33-14-5-2-6-15-33/h1,3-4,7-11,18,21H,2,5-6,12-17,19H2,(H,30,31,32). The van der Waals surface area contributed by atoms with Crippen LogP contribution in [-0.2, 0) is 6.54 Å². The van der Waals surface area contributed by atoms with E-state index in [1.54, 1.807) is 0 Å². The molecule has 1 N–H and O–H groups in total. The van der Waals surface area contributed by atoms with Crippen molar-refractivity contribution >= 4 is 11.8 Å². The van der Waals surface area contributed by atoms with E-state index in [1.165, 1.54) is 50.6 Å². The van der Waals surface area contributed by atoms with E-state index in [-0.39, 0.29) is 12.1 Å². The second kappa shape index (κ2) is 10.5. The summed E-state index contributed by atoms with van der Waals surface area (Å²) >= 11 is 0. The Kier molecular flexibility index (Phi) is 7.00. The molecule has 7 heteroatoms. The number of anilines is 2. The third-order valence-corrected chi connectivity index (χ3v) is 7.01. The van der Waals surface area contributed by atoms with Gasteiger partial charge >= 0.3 is 0 Å². The maximum Gasteiger partial charge on any atom is 0.227 e. The minimum absolute atomic E-state index is 0.00372. The molecule has 2 fully saturated rings. The number of hydrogen-bond acceptors (Lipinski definition) is 5. The normalized spacial score (nSPS) is 17.6. The largest absolute Gasteiger partial charge is 0.365 e. The highest BCUT2D eigenvalue weighted by Crippen LogP contribution is 2.30. The van der Waals surface area contributed by atoms with E-state index in [2.05, 4.69) is 20.1 Å². The van der Waals surface area contributed by atoms with Crippen molar-refractivity contribution in [3.8, 4) is 11.1 Å². The van der Waals surface area contributed by atoms with Gasteiger partial charge in [0.2, 0.25) is 5.95 Å². The molecule has 0 spiro atoms. The number of likely N-dealkylation sites (tertiary alicyclic amines) is 1. The van der Waals surface area contributed by atoms with Crippen molar-refractivity contribution in [3.05, 3.63) is 71.9 Å². The molecule has 0 atom stereocenters. The number of nitrogens with zero attached hydrogens (tertiary/aromatic N) is 4. The van der Waals surface area contributed by atoms with Gasteiger partial charge in [0.25, 0.3) is 0 Å². The van der Waals surface area contributed by atoms with Crippen molar-refractivity contribution in [3.63, 3.8) is 0 Å².